The maximum atomic E-state index is 12.5. The standard InChI is InChI=1S/C19H15Cl2N3O/c20-14-9-10-16(15(21)12-14)23-19(25)24-18(13-6-2-1-3-7-13)17-8-4-5-11-22-17/h1-12,18H,(H2,23,24,25). The third-order valence-corrected chi connectivity index (χ3v) is 4.12. The van der Waals surface area contributed by atoms with Gasteiger partial charge in [0.05, 0.1) is 22.4 Å². The summed E-state index contributed by atoms with van der Waals surface area (Å²) in [6, 6.07) is 19.3. The molecular weight excluding hydrogens is 357 g/mol. The number of hydrogen-bond donors (Lipinski definition) is 2. The highest BCUT2D eigenvalue weighted by Gasteiger charge is 2.18. The van der Waals surface area contributed by atoms with Crippen LogP contribution in [0.3, 0.4) is 0 Å². The van der Waals surface area contributed by atoms with Crippen LogP contribution in [-0.2, 0) is 0 Å². The number of rotatable bonds is 4. The van der Waals surface area contributed by atoms with E-state index < -0.39 is 0 Å². The second-order valence-corrected chi connectivity index (χ2v) is 6.16. The maximum absolute atomic E-state index is 12.5. The van der Waals surface area contributed by atoms with Gasteiger partial charge in [0.2, 0.25) is 0 Å². The van der Waals surface area contributed by atoms with Gasteiger partial charge in [-0.3, -0.25) is 4.98 Å². The molecule has 3 aromatic rings. The van der Waals surface area contributed by atoms with Crippen molar-refractivity contribution >= 4 is 34.9 Å². The fraction of sp³-hybridized carbons (Fsp3) is 0.0526. The zero-order valence-corrected chi connectivity index (χ0v) is 14.6. The maximum Gasteiger partial charge on any atom is 0.320 e. The van der Waals surface area contributed by atoms with Crippen molar-refractivity contribution in [3.63, 3.8) is 0 Å². The van der Waals surface area contributed by atoms with Gasteiger partial charge in [0.1, 0.15) is 0 Å². The molecule has 0 bridgehead atoms. The molecule has 6 heteroatoms. The van der Waals surface area contributed by atoms with Gasteiger partial charge in [-0.2, -0.15) is 0 Å². The van der Waals surface area contributed by atoms with Crippen molar-refractivity contribution in [2.75, 3.05) is 5.32 Å². The molecule has 1 aromatic heterocycles. The van der Waals surface area contributed by atoms with Crippen molar-refractivity contribution < 1.29 is 4.79 Å². The predicted octanol–water partition coefficient (Wildman–Crippen LogP) is 5.30. The monoisotopic (exact) mass is 371 g/mol. The molecule has 4 nitrogen and oxygen atoms in total. The lowest BCUT2D eigenvalue weighted by Crippen LogP contribution is -2.33. The first-order chi connectivity index (χ1) is 12.1. The number of benzene rings is 2. The highest BCUT2D eigenvalue weighted by Crippen LogP contribution is 2.26. The summed E-state index contributed by atoms with van der Waals surface area (Å²) >= 11 is 12.0. The van der Waals surface area contributed by atoms with Crippen LogP contribution in [0.15, 0.2) is 72.9 Å². The summed E-state index contributed by atoms with van der Waals surface area (Å²) in [5, 5.41) is 6.55. The minimum atomic E-state index is -0.385. The van der Waals surface area contributed by atoms with Gasteiger partial charge < -0.3 is 10.6 Å². The molecule has 0 spiro atoms. The molecule has 1 unspecified atom stereocenters. The highest BCUT2D eigenvalue weighted by molar-refractivity contribution is 6.36. The molecule has 0 aliphatic rings. The van der Waals surface area contributed by atoms with E-state index in [2.05, 4.69) is 15.6 Å². The smallest absolute Gasteiger partial charge is 0.320 e. The van der Waals surface area contributed by atoms with Gasteiger partial charge in [0, 0.05) is 11.2 Å². The second-order valence-electron chi connectivity index (χ2n) is 5.32. The number of urea groups is 1. The Morgan fingerprint density at radius 1 is 0.960 bits per heavy atom. The Bertz CT molecular complexity index is 818. The number of aromatic nitrogens is 1. The Kier molecular flexibility index (Phi) is 5.53. The summed E-state index contributed by atoms with van der Waals surface area (Å²) in [6.45, 7) is 0. The van der Waals surface area contributed by atoms with E-state index in [1.165, 1.54) is 0 Å². The van der Waals surface area contributed by atoms with Crippen molar-refractivity contribution in [3.8, 4) is 0 Å². The van der Waals surface area contributed by atoms with Crippen LogP contribution in [0.4, 0.5) is 10.5 Å². The summed E-state index contributed by atoms with van der Waals surface area (Å²) < 4.78 is 0. The predicted molar refractivity (Wildman–Crippen MR) is 101 cm³/mol. The lowest BCUT2D eigenvalue weighted by Gasteiger charge is -2.19. The highest BCUT2D eigenvalue weighted by atomic mass is 35.5. The Morgan fingerprint density at radius 3 is 2.40 bits per heavy atom. The Balaban J connectivity index is 1.82. The van der Waals surface area contributed by atoms with E-state index in [4.69, 9.17) is 23.2 Å². The number of carbonyl (C=O) groups is 1. The molecule has 0 saturated heterocycles. The van der Waals surface area contributed by atoms with Crippen LogP contribution in [0.5, 0.6) is 0 Å². The van der Waals surface area contributed by atoms with Gasteiger partial charge in [-0.25, -0.2) is 4.79 Å². The fourth-order valence-electron chi connectivity index (χ4n) is 2.40. The van der Waals surface area contributed by atoms with Gasteiger partial charge >= 0.3 is 6.03 Å². The van der Waals surface area contributed by atoms with Crippen molar-refractivity contribution in [2.45, 2.75) is 6.04 Å². The van der Waals surface area contributed by atoms with Crippen LogP contribution < -0.4 is 10.6 Å². The second kappa shape index (κ2) is 8.01. The molecule has 0 fully saturated rings. The summed E-state index contributed by atoms with van der Waals surface area (Å²) in [4.78, 5) is 16.8. The van der Waals surface area contributed by atoms with E-state index in [1.54, 1.807) is 24.4 Å². The summed E-state index contributed by atoms with van der Waals surface area (Å²) in [6.07, 6.45) is 1.70. The minimum absolute atomic E-state index is 0.372. The lowest BCUT2D eigenvalue weighted by atomic mass is 10.0. The largest absolute Gasteiger partial charge is 0.325 e. The molecule has 3 rings (SSSR count). The number of anilines is 1. The zero-order valence-electron chi connectivity index (χ0n) is 13.1. The molecular formula is C19H15Cl2N3O. The SMILES string of the molecule is O=C(Nc1ccc(Cl)cc1Cl)NC(c1ccccc1)c1ccccn1. The van der Waals surface area contributed by atoms with Crippen molar-refractivity contribution in [2.24, 2.45) is 0 Å². The van der Waals surface area contributed by atoms with Crippen LogP contribution in [0.2, 0.25) is 10.0 Å². The van der Waals surface area contributed by atoms with Gasteiger partial charge in [0.25, 0.3) is 0 Å². The number of hydrogen-bond acceptors (Lipinski definition) is 2. The molecule has 0 saturated carbocycles. The van der Waals surface area contributed by atoms with E-state index in [-0.39, 0.29) is 12.1 Å². The first kappa shape index (κ1) is 17.3. The first-order valence-corrected chi connectivity index (χ1v) is 8.37. The van der Waals surface area contributed by atoms with Gasteiger partial charge in [-0.05, 0) is 35.9 Å². The lowest BCUT2D eigenvalue weighted by molar-refractivity contribution is 0.250. The number of nitrogens with zero attached hydrogens (tertiary/aromatic N) is 1. The van der Waals surface area contributed by atoms with Gasteiger partial charge in [-0.15, -0.1) is 0 Å². The van der Waals surface area contributed by atoms with Crippen molar-refractivity contribution in [3.05, 3.63) is 94.2 Å². The first-order valence-electron chi connectivity index (χ1n) is 7.62. The summed E-state index contributed by atoms with van der Waals surface area (Å²) in [5.74, 6) is 0. The van der Waals surface area contributed by atoms with Gasteiger partial charge in [0.15, 0.2) is 0 Å². The summed E-state index contributed by atoms with van der Waals surface area (Å²) in [7, 11) is 0. The third-order valence-electron chi connectivity index (χ3n) is 3.57. The number of nitrogens with one attached hydrogen (secondary N) is 2. The number of halogens is 2. The molecule has 1 heterocycles. The molecule has 126 valence electrons. The molecule has 0 aliphatic carbocycles. The van der Waals surface area contributed by atoms with E-state index in [9.17, 15) is 4.79 Å². The van der Waals surface area contributed by atoms with Crippen LogP contribution in [0, 0.1) is 0 Å². The van der Waals surface area contributed by atoms with Gasteiger partial charge in [-0.1, -0.05) is 59.6 Å². The molecule has 2 N–H and O–H groups in total. The summed E-state index contributed by atoms with van der Waals surface area (Å²) in [5.41, 5.74) is 2.15. The van der Waals surface area contributed by atoms with E-state index in [0.29, 0.717) is 15.7 Å². The van der Waals surface area contributed by atoms with E-state index in [1.807, 2.05) is 48.5 Å². The van der Waals surface area contributed by atoms with Crippen molar-refractivity contribution in [1.29, 1.82) is 0 Å². The zero-order chi connectivity index (χ0) is 17.6. The number of carbonyl (C=O) groups excluding carboxylic acids is 1. The minimum Gasteiger partial charge on any atom is -0.325 e. The quantitative estimate of drug-likeness (QED) is 0.653. The fourth-order valence-corrected chi connectivity index (χ4v) is 2.86. The molecule has 1 atom stereocenters. The molecule has 0 aliphatic heterocycles. The molecule has 2 aromatic carbocycles. The average molecular weight is 372 g/mol. The van der Waals surface area contributed by atoms with Crippen LogP contribution in [0.1, 0.15) is 17.3 Å². The van der Waals surface area contributed by atoms with Crippen molar-refractivity contribution in [1.82, 2.24) is 10.3 Å². The van der Waals surface area contributed by atoms with E-state index >= 15 is 0 Å². The van der Waals surface area contributed by atoms with Crippen LogP contribution >= 0.6 is 23.2 Å². The molecule has 0 radical (unpaired) electrons. The normalized spacial score (nSPS) is 11.6. The Morgan fingerprint density at radius 2 is 1.72 bits per heavy atom. The molecule has 25 heavy (non-hydrogen) atoms. The van der Waals surface area contributed by atoms with E-state index in [0.717, 1.165) is 11.3 Å². The topological polar surface area (TPSA) is 54.0 Å². The molecule has 2 amide bonds. The van der Waals surface area contributed by atoms with Crippen LogP contribution in [0.25, 0.3) is 0 Å². The Labute approximate surface area is 155 Å². The average Bonchev–Trinajstić information content (AvgIpc) is 2.63. The number of amides is 2. The Hall–Kier alpha value is -2.56. The van der Waals surface area contributed by atoms with Crippen LogP contribution in [-0.4, -0.2) is 11.0 Å². The number of pyridine rings is 1. The third kappa shape index (κ3) is 4.50.